The lowest BCUT2D eigenvalue weighted by Crippen LogP contribution is -2.16. The molecule has 0 bridgehead atoms. The molecule has 1 aromatic carbocycles. The molecule has 3 aromatic heterocycles. The van der Waals surface area contributed by atoms with Crippen LogP contribution in [0, 0.1) is 13.8 Å². The summed E-state index contributed by atoms with van der Waals surface area (Å²) in [5, 5.41) is 0. The topological polar surface area (TPSA) is 79.5 Å². The molecular formula is C22H22N2O5. The number of para-hydroxylation sites is 2. The molecular weight excluding hydrogens is 372 g/mol. The van der Waals surface area contributed by atoms with Gasteiger partial charge in [0.15, 0.2) is 5.58 Å². The SMILES string of the molecule is Cc1cc(C(=O)OCCCn2c(=O)oc3ccccc32)c(C)n1Cc1ccco1. The normalized spacial score (nSPS) is 11.2. The van der Waals surface area contributed by atoms with Crippen LogP contribution in [0.1, 0.15) is 33.9 Å². The summed E-state index contributed by atoms with van der Waals surface area (Å²) in [7, 11) is 0. The van der Waals surface area contributed by atoms with Crippen molar-refractivity contribution >= 4 is 17.1 Å². The third-order valence-corrected chi connectivity index (χ3v) is 5.02. The van der Waals surface area contributed by atoms with Crippen molar-refractivity contribution in [3.8, 4) is 0 Å². The number of ether oxygens (including phenoxy) is 1. The van der Waals surface area contributed by atoms with E-state index in [1.54, 1.807) is 16.9 Å². The standard InChI is InChI=1S/C22H22N2O5/c1-15-13-18(16(2)24(15)14-17-7-5-11-27-17)21(25)28-12-6-10-23-19-8-3-4-9-20(19)29-22(23)26/h3-5,7-9,11,13H,6,10,12,14H2,1-2H3. The Labute approximate surface area is 167 Å². The first kappa shape index (κ1) is 18.9. The highest BCUT2D eigenvalue weighted by atomic mass is 16.5. The highest BCUT2D eigenvalue weighted by Crippen LogP contribution is 2.18. The van der Waals surface area contributed by atoms with Gasteiger partial charge < -0.3 is 18.1 Å². The molecule has 0 amide bonds. The molecule has 3 heterocycles. The number of hydrogen-bond donors (Lipinski definition) is 0. The molecule has 0 unspecified atom stereocenters. The van der Waals surface area contributed by atoms with E-state index in [1.807, 2.05) is 54.8 Å². The van der Waals surface area contributed by atoms with Gasteiger partial charge in [0.2, 0.25) is 0 Å². The van der Waals surface area contributed by atoms with Gasteiger partial charge in [-0.2, -0.15) is 0 Å². The summed E-state index contributed by atoms with van der Waals surface area (Å²) in [6.45, 7) is 5.04. The van der Waals surface area contributed by atoms with E-state index in [0.29, 0.717) is 30.7 Å². The van der Waals surface area contributed by atoms with Gasteiger partial charge in [-0.25, -0.2) is 9.59 Å². The number of carbonyl (C=O) groups excluding carboxylic acids is 1. The maximum atomic E-state index is 12.5. The Kier molecular flexibility index (Phi) is 5.12. The lowest BCUT2D eigenvalue weighted by atomic mass is 10.2. The average Bonchev–Trinajstić information content (AvgIpc) is 3.40. The molecule has 150 valence electrons. The van der Waals surface area contributed by atoms with Crippen molar-refractivity contribution in [3.63, 3.8) is 0 Å². The molecule has 0 saturated carbocycles. The van der Waals surface area contributed by atoms with E-state index in [1.165, 1.54) is 0 Å². The average molecular weight is 394 g/mol. The fourth-order valence-electron chi connectivity index (χ4n) is 3.50. The van der Waals surface area contributed by atoms with Crippen LogP contribution >= 0.6 is 0 Å². The Hall–Kier alpha value is -3.48. The van der Waals surface area contributed by atoms with Gasteiger partial charge in [0, 0.05) is 17.9 Å². The molecule has 0 aliphatic rings. The number of benzene rings is 1. The van der Waals surface area contributed by atoms with Crippen molar-refractivity contribution in [2.75, 3.05) is 6.61 Å². The number of rotatable bonds is 7. The van der Waals surface area contributed by atoms with E-state index in [-0.39, 0.29) is 12.6 Å². The minimum absolute atomic E-state index is 0.215. The van der Waals surface area contributed by atoms with Gasteiger partial charge in [-0.05, 0) is 50.6 Å². The number of fused-ring (bicyclic) bond motifs is 1. The second-order valence-electron chi connectivity index (χ2n) is 6.93. The third kappa shape index (κ3) is 3.76. The summed E-state index contributed by atoms with van der Waals surface area (Å²) in [4.78, 5) is 24.5. The molecule has 4 rings (SSSR count). The summed E-state index contributed by atoms with van der Waals surface area (Å²) in [5.74, 6) is 0.0525. The first-order valence-corrected chi connectivity index (χ1v) is 9.49. The fraction of sp³-hybridized carbons (Fsp3) is 0.273. The lowest BCUT2D eigenvalue weighted by Gasteiger charge is -2.08. The van der Waals surface area contributed by atoms with Gasteiger partial charge in [0.25, 0.3) is 0 Å². The van der Waals surface area contributed by atoms with Crippen molar-refractivity contribution in [1.29, 1.82) is 0 Å². The first-order chi connectivity index (χ1) is 14.0. The predicted molar refractivity (Wildman–Crippen MR) is 107 cm³/mol. The Morgan fingerprint density at radius 1 is 1.10 bits per heavy atom. The second kappa shape index (κ2) is 7.87. The van der Waals surface area contributed by atoms with E-state index in [0.717, 1.165) is 22.7 Å². The maximum absolute atomic E-state index is 12.5. The van der Waals surface area contributed by atoms with Crippen molar-refractivity contribution < 1.29 is 18.4 Å². The minimum Gasteiger partial charge on any atom is -0.467 e. The molecule has 0 aliphatic heterocycles. The molecule has 4 aromatic rings. The minimum atomic E-state index is -0.404. The van der Waals surface area contributed by atoms with Gasteiger partial charge in [-0.15, -0.1) is 0 Å². The van der Waals surface area contributed by atoms with Crippen LogP contribution in [0.2, 0.25) is 0 Å². The molecule has 7 nitrogen and oxygen atoms in total. The summed E-state index contributed by atoms with van der Waals surface area (Å²) in [5.41, 5.74) is 3.63. The molecule has 29 heavy (non-hydrogen) atoms. The van der Waals surface area contributed by atoms with Crippen LogP contribution in [0.5, 0.6) is 0 Å². The van der Waals surface area contributed by atoms with Crippen molar-refractivity contribution in [1.82, 2.24) is 9.13 Å². The van der Waals surface area contributed by atoms with Crippen LogP contribution in [0.3, 0.4) is 0 Å². The van der Waals surface area contributed by atoms with E-state index >= 15 is 0 Å². The molecule has 0 radical (unpaired) electrons. The number of nitrogens with zero attached hydrogens (tertiary/aromatic N) is 2. The maximum Gasteiger partial charge on any atom is 0.419 e. The van der Waals surface area contributed by atoms with Crippen LogP contribution in [-0.4, -0.2) is 21.7 Å². The zero-order valence-electron chi connectivity index (χ0n) is 16.4. The molecule has 0 spiro atoms. The van der Waals surface area contributed by atoms with E-state index in [2.05, 4.69) is 0 Å². The summed E-state index contributed by atoms with van der Waals surface area (Å²) < 4.78 is 19.6. The van der Waals surface area contributed by atoms with E-state index in [4.69, 9.17) is 13.6 Å². The molecule has 0 atom stereocenters. The van der Waals surface area contributed by atoms with Crippen LogP contribution in [0.4, 0.5) is 0 Å². The zero-order valence-corrected chi connectivity index (χ0v) is 16.4. The Balaban J connectivity index is 1.37. The molecule has 0 fully saturated rings. The van der Waals surface area contributed by atoms with Gasteiger partial charge in [-0.1, -0.05) is 12.1 Å². The highest BCUT2D eigenvalue weighted by molar-refractivity contribution is 5.91. The van der Waals surface area contributed by atoms with Crippen LogP contribution in [0.15, 0.2) is 62.4 Å². The monoisotopic (exact) mass is 394 g/mol. The molecule has 0 aliphatic carbocycles. The second-order valence-corrected chi connectivity index (χ2v) is 6.93. The molecule has 0 saturated heterocycles. The molecule has 0 N–H and O–H groups in total. The number of oxazole rings is 1. The van der Waals surface area contributed by atoms with Gasteiger partial charge in [0.1, 0.15) is 5.76 Å². The van der Waals surface area contributed by atoms with Crippen molar-refractivity contribution in [2.45, 2.75) is 33.4 Å². The lowest BCUT2D eigenvalue weighted by molar-refractivity contribution is 0.0495. The van der Waals surface area contributed by atoms with Gasteiger partial charge >= 0.3 is 11.7 Å². The summed E-state index contributed by atoms with van der Waals surface area (Å²) in [6.07, 6.45) is 2.15. The smallest absolute Gasteiger partial charge is 0.419 e. The third-order valence-electron chi connectivity index (χ3n) is 5.02. The summed E-state index contributed by atoms with van der Waals surface area (Å²) in [6, 6.07) is 12.8. The van der Waals surface area contributed by atoms with Crippen LogP contribution < -0.4 is 5.76 Å². The van der Waals surface area contributed by atoms with E-state index in [9.17, 15) is 9.59 Å². The number of aryl methyl sites for hydroxylation is 2. The van der Waals surface area contributed by atoms with Crippen molar-refractivity contribution in [2.24, 2.45) is 0 Å². The Morgan fingerprint density at radius 2 is 1.93 bits per heavy atom. The van der Waals surface area contributed by atoms with Crippen LogP contribution in [0.25, 0.3) is 11.1 Å². The Bertz CT molecular complexity index is 1190. The van der Waals surface area contributed by atoms with Gasteiger partial charge in [0.05, 0.1) is 30.5 Å². The number of furan rings is 1. The van der Waals surface area contributed by atoms with Crippen molar-refractivity contribution in [3.05, 3.63) is 82.0 Å². The highest BCUT2D eigenvalue weighted by Gasteiger charge is 2.18. The Morgan fingerprint density at radius 3 is 2.72 bits per heavy atom. The number of carbonyl (C=O) groups is 1. The molecule has 7 heteroatoms. The number of esters is 1. The predicted octanol–water partition coefficient (Wildman–Crippen LogP) is 3.90. The first-order valence-electron chi connectivity index (χ1n) is 9.49. The van der Waals surface area contributed by atoms with Crippen LogP contribution in [-0.2, 0) is 17.8 Å². The number of hydrogen-bond acceptors (Lipinski definition) is 5. The van der Waals surface area contributed by atoms with E-state index < -0.39 is 5.76 Å². The number of aromatic nitrogens is 2. The largest absolute Gasteiger partial charge is 0.467 e. The zero-order chi connectivity index (χ0) is 20.4. The summed E-state index contributed by atoms with van der Waals surface area (Å²) >= 11 is 0. The fourth-order valence-corrected chi connectivity index (χ4v) is 3.50. The quantitative estimate of drug-likeness (QED) is 0.351. The van der Waals surface area contributed by atoms with Gasteiger partial charge in [-0.3, -0.25) is 4.57 Å².